The van der Waals surface area contributed by atoms with Gasteiger partial charge in [-0.3, -0.25) is 15.1 Å². The van der Waals surface area contributed by atoms with Gasteiger partial charge in [0.15, 0.2) is 0 Å². The lowest BCUT2D eigenvalue weighted by Gasteiger charge is -2.00. The summed E-state index contributed by atoms with van der Waals surface area (Å²) in [6.45, 7) is 1.82. The van der Waals surface area contributed by atoms with Crippen molar-refractivity contribution in [2.45, 2.75) is 6.92 Å². The molecule has 0 aliphatic carbocycles. The number of pyridine rings is 1. The first kappa shape index (κ1) is 9.32. The number of aromatic nitrogens is 3. The molecular formula is C9H8N4O2. The number of hydrogen-bond donors (Lipinski definition) is 0. The molecule has 15 heavy (non-hydrogen) atoms. The molecule has 0 unspecified atom stereocenters. The van der Waals surface area contributed by atoms with Gasteiger partial charge in [0.2, 0.25) is 0 Å². The van der Waals surface area contributed by atoms with Gasteiger partial charge in [0.1, 0.15) is 11.9 Å². The monoisotopic (exact) mass is 204 g/mol. The minimum Gasteiger partial charge on any atom is -0.258 e. The minimum atomic E-state index is -0.473. The van der Waals surface area contributed by atoms with Gasteiger partial charge in [-0.2, -0.15) is 5.10 Å². The lowest BCUT2D eigenvalue weighted by atomic mass is 10.3. The summed E-state index contributed by atoms with van der Waals surface area (Å²) < 4.78 is 1.47. The van der Waals surface area contributed by atoms with Crippen molar-refractivity contribution in [1.29, 1.82) is 0 Å². The topological polar surface area (TPSA) is 73.8 Å². The molecule has 0 N–H and O–H groups in total. The molecule has 0 fully saturated rings. The highest BCUT2D eigenvalue weighted by Crippen LogP contribution is 2.19. The number of aryl methyl sites for hydroxylation is 1. The third-order valence-corrected chi connectivity index (χ3v) is 1.94. The second-order valence-corrected chi connectivity index (χ2v) is 3.02. The van der Waals surface area contributed by atoms with Crippen molar-refractivity contribution in [2.75, 3.05) is 0 Å². The normalized spacial score (nSPS) is 10.2. The van der Waals surface area contributed by atoms with E-state index in [0.29, 0.717) is 5.69 Å². The zero-order chi connectivity index (χ0) is 10.8. The van der Waals surface area contributed by atoms with Gasteiger partial charge in [-0.25, -0.2) is 4.68 Å². The van der Waals surface area contributed by atoms with Crippen molar-refractivity contribution in [2.24, 2.45) is 0 Å². The maximum atomic E-state index is 10.7. The van der Waals surface area contributed by atoms with Gasteiger partial charge in [-0.1, -0.05) is 0 Å². The van der Waals surface area contributed by atoms with Crippen molar-refractivity contribution in [3.63, 3.8) is 0 Å². The molecule has 0 radical (unpaired) electrons. The fraction of sp³-hybridized carbons (Fsp3) is 0.111. The molecule has 0 saturated heterocycles. The second kappa shape index (κ2) is 3.49. The summed E-state index contributed by atoms with van der Waals surface area (Å²) in [6, 6.07) is 3.34. The molecule has 2 heterocycles. The Kier molecular flexibility index (Phi) is 2.17. The van der Waals surface area contributed by atoms with Crippen LogP contribution >= 0.6 is 0 Å². The lowest BCUT2D eigenvalue weighted by Crippen LogP contribution is -2.01. The molecule has 6 nitrogen and oxygen atoms in total. The highest BCUT2D eigenvalue weighted by molar-refractivity contribution is 5.49. The van der Waals surface area contributed by atoms with Gasteiger partial charge in [0.25, 0.3) is 0 Å². The largest absolute Gasteiger partial charge is 0.312 e. The molecule has 0 atom stereocenters. The van der Waals surface area contributed by atoms with Gasteiger partial charge >= 0.3 is 5.69 Å². The molecule has 2 aromatic rings. The molecular weight excluding hydrogens is 196 g/mol. The third kappa shape index (κ3) is 1.69. The van der Waals surface area contributed by atoms with E-state index in [0.717, 1.165) is 5.69 Å². The van der Waals surface area contributed by atoms with E-state index in [1.54, 1.807) is 18.3 Å². The molecule has 76 valence electrons. The van der Waals surface area contributed by atoms with Crippen LogP contribution in [0.4, 0.5) is 5.69 Å². The Bertz CT molecular complexity index is 506. The van der Waals surface area contributed by atoms with Gasteiger partial charge in [-0.05, 0) is 19.1 Å². The highest BCUT2D eigenvalue weighted by atomic mass is 16.6. The number of rotatable bonds is 2. The average molecular weight is 204 g/mol. The van der Waals surface area contributed by atoms with Crippen LogP contribution in [0.15, 0.2) is 30.7 Å². The fourth-order valence-electron chi connectivity index (χ4n) is 1.26. The van der Waals surface area contributed by atoms with Gasteiger partial charge in [0.05, 0.1) is 10.6 Å². The summed E-state index contributed by atoms with van der Waals surface area (Å²) in [5.74, 6) is 0. The molecule has 0 amide bonds. The Labute approximate surface area is 85.3 Å². The zero-order valence-electron chi connectivity index (χ0n) is 7.99. The quantitative estimate of drug-likeness (QED) is 0.548. The van der Waals surface area contributed by atoms with Crippen molar-refractivity contribution in [3.05, 3.63) is 46.5 Å². The Morgan fingerprint density at radius 3 is 2.87 bits per heavy atom. The molecule has 0 aliphatic rings. The Morgan fingerprint density at radius 1 is 1.47 bits per heavy atom. The summed E-state index contributed by atoms with van der Waals surface area (Å²) in [6.07, 6.45) is 4.39. The maximum absolute atomic E-state index is 10.7. The van der Waals surface area contributed by atoms with Crippen LogP contribution in [0.2, 0.25) is 0 Å². The van der Waals surface area contributed by atoms with Crippen molar-refractivity contribution in [3.8, 4) is 5.69 Å². The van der Waals surface area contributed by atoms with Crippen LogP contribution < -0.4 is 0 Å². The SMILES string of the molecule is Cc1ccn(-c2ccncc2[N+](=O)[O-])n1. The summed E-state index contributed by atoms with van der Waals surface area (Å²) in [5, 5.41) is 14.8. The Morgan fingerprint density at radius 2 is 2.27 bits per heavy atom. The van der Waals surface area contributed by atoms with Crippen molar-refractivity contribution in [1.82, 2.24) is 14.8 Å². The Balaban J connectivity index is 2.57. The van der Waals surface area contributed by atoms with E-state index in [1.165, 1.54) is 17.1 Å². The third-order valence-electron chi connectivity index (χ3n) is 1.94. The summed E-state index contributed by atoms with van der Waals surface area (Å²) in [7, 11) is 0. The second-order valence-electron chi connectivity index (χ2n) is 3.02. The van der Waals surface area contributed by atoms with Crippen LogP contribution in [-0.2, 0) is 0 Å². The molecule has 6 heteroatoms. The van der Waals surface area contributed by atoms with Crippen LogP contribution in [0.25, 0.3) is 5.69 Å². The number of nitrogens with zero attached hydrogens (tertiary/aromatic N) is 4. The summed E-state index contributed by atoms with van der Waals surface area (Å²) in [4.78, 5) is 14.0. The van der Waals surface area contributed by atoms with E-state index in [9.17, 15) is 10.1 Å². The number of nitro groups is 1. The molecule has 2 rings (SSSR count). The van der Waals surface area contributed by atoms with E-state index in [1.807, 2.05) is 6.92 Å². The maximum Gasteiger partial charge on any atom is 0.312 e. The lowest BCUT2D eigenvalue weighted by molar-refractivity contribution is -0.385. The predicted molar refractivity (Wildman–Crippen MR) is 52.8 cm³/mol. The molecule has 0 aromatic carbocycles. The first-order valence-electron chi connectivity index (χ1n) is 4.29. The zero-order valence-corrected chi connectivity index (χ0v) is 7.99. The average Bonchev–Trinajstić information content (AvgIpc) is 2.65. The summed E-state index contributed by atoms with van der Waals surface area (Å²) >= 11 is 0. The standard InChI is InChI=1S/C9H8N4O2/c1-7-3-5-12(11-7)8-2-4-10-6-9(8)13(14)15/h2-6H,1H3. The molecule has 2 aromatic heterocycles. The van der Waals surface area contributed by atoms with Gasteiger partial charge in [-0.15, -0.1) is 0 Å². The summed E-state index contributed by atoms with van der Waals surface area (Å²) in [5.41, 5.74) is 1.17. The van der Waals surface area contributed by atoms with Crippen LogP contribution in [0.5, 0.6) is 0 Å². The molecule has 0 spiro atoms. The Hall–Kier alpha value is -2.24. The van der Waals surface area contributed by atoms with E-state index in [4.69, 9.17) is 0 Å². The van der Waals surface area contributed by atoms with E-state index >= 15 is 0 Å². The van der Waals surface area contributed by atoms with Crippen molar-refractivity contribution >= 4 is 5.69 Å². The first-order chi connectivity index (χ1) is 7.18. The van der Waals surface area contributed by atoms with E-state index in [2.05, 4.69) is 10.1 Å². The fourth-order valence-corrected chi connectivity index (χ4v) is 1.26. The van der Waals surface area contributed by atoms with Gasteiger partial charge < -0.3 is 0 Å². The highest BCUT2D eigenvalue weighted by Gasteiger charge is 2.15. The minimum absolute atomic E-state index is 0.0550. The molecule has 0 saturated carbocycles. The number of hydrogen-bond acceptors (Lipinski definition) is 4. The predicted octanol–water partition coefficient (Wildman–Crippen LogP) is 1.48. The molecule has 0 bridgehead atoms. The first-order valence-corrected chi connectivity index (χ1v) is 4.29. The van der Waals surface area contributed by atoms with Crippen LogP contribution in [0.1, 0.15) is 5.69 Å². The van der Waals surface area contributed by atoms with Crippen molar-refractivity contribution < 1.29 is 4.92 Å². The van der Waals surface area contributed by atoms with Crippen LogP contribution in [-0.4, -0.2) is 19.7 Å². The smallest absolute Gasteiger partial charge is 0.258 e. The van der Waals surface area contributed by atoms with E-state index in [-0.39, 0.29) is 5.69 Å². The molecule has 0 aliphatic heterocycles. The van der Waals surface area contributed by atoms with E-state index < -0.39 is 4.92 Å². The van der Waals surface area contributed by atoms with Crippen LogP contribution in [0.3, 0.4) is 0 Å². The van der Waals surface area contributed by atoms with Gasteiger partial charge in [0, 0.05) is 12.4 Å². The van der Waals surface area contributed by atoms with Crippen LogP contribution in [0, 0.1) is 17.0 Å².